The van der Waals surface area contributed by atoms with Crippen molar-refractivity contribution in [3.05, 3.63) is 29.8 Å². The van der Waals surface area contributed by atoms with Gasteiger partial charge in [-0.25, -0.2) is 0 Å². The van der Waals surface area contributed by atoms with E-state index in [2.05, 4.69) is 10.2 Å². The van der Waals surface area contributed by atoms with Crippen molar-refractivity contribution >= 4 is 11.7 Å². The normalized spacial score (nSPS) is 14.5. The van der Waals surface area contributed by atoms with Crippen LogP contribution in [-0.2, 0) is 4.79 Å². The summed E-state index contributed by atoms with van der Waals surface area (Å²) in [7, 11) is 1.60. The summed E-state index contributed by atoms with van der Waals surface area (Å²) in [4.78, 5) is 26.2. The number of nitrogens with one attached hydrogen (secondary N) is 1. The number of nitrogens with zero attached hydrogens (tertiary/aromatic N) is 1. The van der Waals surface area contributed by atoms with E-state index in [0.29, 0.717) is 18.4 Å². The van der Waals surface area contributed by atoms with E-state index in [4.69, 9.17) is 4.74 Å². The highest BCUT2D eigenvalue weighted by Gasteiger charge is 2.11. The van der Waals surface area contributed by atoms with Crippen LogP contribution in [0.4, 0.5) is 0 Å². The Bertz CT molecular complexity index is 522. The molecule has 1 fully saturated rings. The smallest absolute Gasteiger partial charge is 0.220 e. The number of ketones is 1. The number of unbranched alkanes of at least 4 members (excludes halogenated alkanes) is 1. The molecule has 1 heterocycles. The molecule has 0 unspecified atom stereocenters. The molecule has 1 amide bonds. The number of ether oxygens (including phenoxy) is 1. The van der Waals surface area contributed by atoms with Crippen LogP contribution in [0.15, 0.2) is 24.3 Å². The molecule has 0 spiro atoms. The monoisotopic (exact) mass is 332 g/mol. The average molecular weight is 332 g/mol. The Morgan fingerprint density at radius 2 is 1.75 bits per heavy atom. The lowest BCUT2D eigenvalue weighted by atomic mass is 10.0. The number of rotatable bonds is 10. The number of carbonyl (C=O) groups excluding carboxylic acids is 2. The van der Waals surface area contributed by atoms with Gasteiger partial charge in [-0.2, -0.15) is 0 Å². The fourth-order valence-electron chi connectivity index (χ4n) is 2.94. The lowest BCUT2D eigenvalue weighted by molar-refractivity contribution is -0.121. The molecular weight excluding hydrogens is 304 g/mol. The van der Waals surface area contributed by atoms with Gasteiger partial charge in [-0.15, -0.1) is 0 Å². The quantitative estimate of drug-likeness (QED) is 0.529. The van der Waals surface area contributed by atoms with Crippen LogP contribution in [-0.4, -0.2) is 49.9 Å². The lowest BCUT2D eigenvalue weighted by Gasteiger charge is -2.14. The Hall–Kier alpha value is -1.88. The van der Waals surface area contributed by atoms with Gasteiger partial charge in [-0.05, 0) is 63.0 Å². The summed E-state index contributed by atoms with van der Waals surface area (Å²) in [5.74, 6) is 0.954. The Morgan fingerprint density at radius 3 is 2.42 bits per heavy atom. The number of hydrogen-bond acceptors (Lipinski definition) is 4. The first kappa shape index (κ1) is 18.5. The van der Waals surface area contributed by atoms with Crippen LogP contribution in [0.25, 0.3) is 0 Å². The molecule has 0 aliphatic carbocycles. The van der Waals surface area contributed by atoms with Gasteiger partial charge >= 0.3 is 0 Å². The van der Waals surface area contributed by atoms with E-state index >= 15 is 0 Å². The molecule has 1 N–H and O–H groups in total. The molecule has 0 radical (unpaired) electrons. The van der Waals surface area contributed by atoms with Gasteiger partial charge in [0, 0.05) is 31.5 Å². The molecular formula is C19H28N2O3. The first-order valence-electron chi connectivity index (χ1n) is 8.85. The van der Waals surface area contributed by atoms with Crippen LogP contribution in [0, 0.1) is 0 Å². The van der Waals surface area contributed by atoms with Gasteiger partial charge in [-0.3, -0.25) is 9.59 Å². The number of hydrogen-bond donors (Lipinski definition) is 1. The highest BCUT2D eigenvalue weighted by Crippen LogP contribution is 2.14. The molecule has 1 aliphatic rings. The van der Waals surface area contributed by atoms with Gasteiger partial charge in [0.05, 0.1) is 7.11 Å². The van der Waals surface area contributed by atoms with Crippen molar-refractivity contribution in [1.82, 2.24) is 10.2 Å². The number of methoxy groups -OCH3 is 1. The SMILES string of the molecule is COc1ccc(C(=O)CCCCC(=O)NCCN2CCCC2)cc1. The highest BCUT2D eigenvalue weighted by molar-refractivity contribution is 5.96. The zero-order valence-electron chi connectivity index (χ0n) is 14.6. The maximum Gasteiger partial charge on any atom is 0.220 e. The second-order valence-corrected chi connectivity index (χ2v) is 6.26. The molecule has 5 nitrogen and oxygen atoms in total. The molecule has 0 bridgehead atoms. The molecule has 0 aromatic heterocycles. The third kappa shape index (κ3) is 6.32. The van der Waals surface area contributed by atoms with Crippen LogP contribution in [0.3, 0.4) is 0 Å². The van der Waals surface area contributed by atoms with Crippen LogP contribution in [0.2, 0.25) is 0 Å². The van der Waals surface area contributed by atoms with Crippen molar-refractivity contribution in [2.24, 2.45) is 0 Å². The summed E-state index contributed by atoms with van der Waals surface area (Å²) in [5, 5.41) is 2.96. The highest BCUT2D eigenvalue weighted by atomic mass is 16.5. The molecule has 5 heteroatoms. The van der Waals surface area contributed by atoms with E-state index in [1.807, 2.05) is 0 Å². The van der Waals surface area contributed by atoms with Crippen molar-refractivity contribution < 1.29 is 14.3 Å². The van der Waals surface area contributed by atoms with Crippen LogP contribution in [0.1, 0.15) is 48.9 Å². The first-order chi connectivity index (χ1) is 11.7. The predicted molar refractivity (Wildman–Crippen MR) is 94.5 cm³/mol. The van der Waals surface area contributed by atoms with E-state index in [0.717, 1.165) is 44.8 Å². The Labute approximate surface area is 144 Å². The number of benzene rings is 1. The number of carbonyl (C=O) groups is 2. The van der Waals surface area contributed by atoms with Crippen LogP contribution < -0.4 is 10.1 Å². The molecule has 1 aromatic rings. The minimum absolute atomic E-state index is 0.0890. The van der Waals surface area contributed by atoms with Gasteiger partial charge in [0.15, 0.2) is 5.78 Å². The van der Waals surface area contributed by atoms with Gasteiger partial charge in [0.1, 0.15) is 5.75 Å². The van der Waals surface area contributed by atoms with Crippen molar-refractivity contribution in [3.63, 3.8) is 0 Å². The van der Waals surface area contributed by atoms with E-state index in [1.165, 1.54) is 12.8 Å². The number of amides is 1. The standard InChI is InChI=1S/C19H28N2O3/c1-24-17-10-8-16(9-11-17)18(22)6-2-3-7-19(23)20-12-15-21-13-4-5-14-21/h8-11H,2-7,12-15H2,1H3,(H,20,23). The van der Waals surface area contributed by atoms with Gasteiger partial charge in [-0.1, -0.05) is 0 Å². The third-order valence-corrected chi connectivity index (χ3v) is 4.42. The maximum absolute atomic E-state index is 12.1. The average Bonchev–Trinajstić information content (AvgIpc) is 3.12. The maximum atomic E-state index is 12.1. The van der Waals surface area contributed by atoms with Gasteiger partial charge in [0.25, 0.3) is 0 Å². The molecule has 1 saturated heterocycles. The van der Waals surface area contributed by atoms with Crippen LogP contribution >= 0.6 is 0 Å². The van der Waals surface area contributed by atoms with E-state index in [9.17, 15) is 9.59 Å². The second-order valence-electron chi connectivity index (χ2n) is 6.26. The molecule has 1 aromatic carbocycles. The van der Waals surface area contributed by atoms with Gasteiger partial charge < -0.3 is 15.0 Å². The largest absolute Gasteiger partial charge is 0.497 e. The third-order valence-electron chi connectivity index (χ3n) is 4.42. The van der Waals surface area contributed by atoms with E-state index in [-0.39, 0.29) is 11.7 Å². The predicted octanol–water partition coefficient (Wildman–Crippen LogP) is 2.65. The fraction of sp³-hybridized carbons (Fsp3) is 0.579. The molecule has 1 aliphatic heterocycles. The van der Waals surface area contributed by atoms with Crippen molar-refractivity contribution in [3.8, 4) is 5.75 Å². The zero-order valence-corrected chi connectivity index (χ0v) is 14.6. The second kappa shape index (κ2) is 10.1. The van der Waals surface area contributed by atoms with E-state index in [1.54, 1.807) is 31.4 Å². The Balaban J connectivity index is 1.54. The Kier molecular flexibility index (Phi) is 7.75. The minimum atomic E-state index is 0.0890. The van der Waals surface area contributed by atoms with Crippen molar-refractivity contribution in [2.45, 2.75) is 38.5 Å². The summed E-state index contributed by atoms with van der Waals surface area (Å²) >= 11 is 0. The Morgan fingerprint density at radius 1 is 1.08 bits per heavy atom. The van der Waals surface area contributed by atoms with Crippen molar-refractivity contribution in [1.29, 1.82) is 0 Å². The molecule has 0 saturated carbocycles. The summed E-state index contributed by atoms with van der Waals surface area (Å²) < 4.78 is 5.08. The number of Topliss-reactive ketones (excluding diaryl/α,β-unsaturated/α-hetero) is 1. The molecule has 2 rings (SSSR count). The summed E-state index contributed by atoms with van der Waals surface area (Å²) in [6.45, 7) is 3.98. The lowest BCUT2D eigenvalue weighted by Crippen LogP contribution is -2.33. The summed E-state index contributed by atoms with van der Waals surface area (Å²) in [5.41, 5.74) is 0.700. The van der Waals surface area contributed by atoms with Crippen LogP contribution in [0.5, 0.6) is 5.75 Å². The zero-order chi connectivity index (χ0) is 17.2. The van der Waals surface area contributed by atoms with Gasteiger partial charge in [0.2, 0.25) is 5.91 Å². The molecule has 24 heavy (non-hydrogen) atoms. The summed E-state index contributed by atoms with van der Waals surface area (Å²) in [6, 6.07) is 7.15. The molecule has 132 valence electrons. The summed E-state index contributed by atoms with van der Waals surface area (Å²) in [6.07, 6.45) is 5.01. The first-order valence-corrected chi connectivity index (χ1v) is 8.85. The topological polar surface area (TPSA) is 58.6 Å². The fourth-order valence-corrected chi connectivity index (χ4v) is 2.94. The molecule has 0 atom stereocenters. The van der Waals surface area contributed by atoms with E-state index < -0.39 is 0 Å². The minimum Gasteiger partial charge on any atom is -0.497 e. The van der Waals surface area contributed by atoms with Crippen molar-refractivity contribution in [2.75, 3.05) is 33.3 Å². The number of likely N-dealkylation sites (tertiary alicyclic amines) is 1.